The van der Waals surface area contributed by atoms with Gasteiger partial charge in [-0.2, -0.15) is 0 Å². The normalized spacial score (nSPS) is 14.4. The summed E-state index contributed by atoms with van der Waals surface area (Å²) in [6, 6.07) is 14.6. The van der Waals surface area contributed by atoms with Gasteiger partial charge in [0.15, 0.2) is 11.6 Å². The zero-order valence-corrected chi connectivity index (χ0v) is 30.6. The minimum Gasteiger partial charge on any atom is -0.459 e. The van der Waals surface area contributed by atoms with Crippen LogP contribution in [-0.4, -0.2) is 84.1 Å². The summed E-state index contributed by atoms with van der Waals surface area (Å²) in [5.74, 6) is 0.528. The Morgan fingerprint density at radius 2 is 1.47 bits per heavy atom. The number of amides is 1. The van der Waals surface area contributed by atoms with Gasteiger partial charge in [0.2, 0.25) is 0 Å². The number of rotatable bonds is 7. The van der Waals surface area contributed by atoms with Crippen LogP contribution in [0.25, 0.3) is 16.7 Å². The molecule has 4 aromatic rings. The summed E-state index contributed by atoms with van der Waals surface area (Å²) < 4.78 is 41.7. The van der Waals surface area contributed by atoms with Crippen LogP contribution in [0.5, 0.6) is 0 Å². The van der Waals surface area contributed by atoms with E-state index in [0.717, 1.165) is 16.2 Å². The lowest BCUT2D eigenvalue weighted by Crippen LogP contribution is -2.39. The maximum atomic E-state index is 13.9. The second-order valence-corrected chi connectivity index (χ2v) is 16.4. The summed E-state index contributed by atoms with van der Waals surface area (Å²) in [4.78, 5) is 29.2. The third kappa shape index (κ3) is 8.94. The van der Waals surface area contributed by atoms with E-state index >= 15 is 0 Å². The van der Waals surface area contributed by atoms with Crippen molar-refractivity contribution in [3.8, 4) is 5.82 Å². The van der Waals surface area contributed by atoms with Gasteiger partial charge in [-0.3, -0.25) is 13.7 Å². The molecule has 0 unspecified atom stereocenters. The first-order valence-electron chi connectivity index (χ1n) is 15.8. The molecule has 0 spiro atoms. The predicted octanol–water partition coefficient (Wildman–Crippen LogP) is 6.71. The van der Waals surface area contributed by atoms with E-state index in [2.05, 4.69) is 15.1 Å². The Morgan fingerprint density at radius 1 is 0.816 bits per heavy atom. The van der Waals surface area contributed by atoms with Gasteiger partial charge in [-0.15, -0.1) is 10.2 Å². The van der Waals surface area contributed by atoms with Gasteiger partial charge in [0.25, 0.3) is 10.0 Å². The summed E-state index contributed by atoms with van der Waals surface area (Å²) in [6.45, 7) is 12.5. The van der Waals surface area contributed by atoms with Crippen molar-refractivity contribution < 1.29 is 27.5 Å². The van der Waals surface area contributed by atoms with Gasteiger partial charge in [-0.1, -0.05) is 23.2 Å². The average molecular weight is 732 g/mol. The third-order valence-corrected chi connectivity index (χ3v) is 9.62. The molecule has 2 aromatic heterocycles. The zero-order valence-electron chi connectivity index (χ0n) is 28.3. The van der Waals surface area contributed by atoms with Gasteiger partial charge in [0, 0.05) is 47.8 Å². The monoisotopic (exact) mass is 730 g/mol. The molecule has 0 atom stereocenters. The number of halogens is 2. The summed E-state index contributed by atoms with van der Waals surface area (Å²) in [5, 5.41) is 9.94. The van der Waals surface area contributed by atoms with Gasteiger partial charge in [0.05, 0.1) is 16.1 Å². The van der Waals surface area contributed by atoms with E-state index in [4.69, 9.17) is 32.7 Å². The van der Waals surface area contributed by atoms with Crippen molar-refractivity contribution in [1.82, 2.24) is 19.7 Å². The Bertz CT molecular complexity index is 1930. The number of fused-ring (bicyclic) bond motifs is 1. The molecule has 262 valence electrons. The number of anilines is 2. The third-order valence-electron chi connectivity index (χ3n) is 7.43. The minimum atomic E-state index is -4.30. The average Bonchev–Trinajstić information content (AvgIpc) is 3.25. The highest BCUT2D eigenvalue weighted by Crippen LogP contribution is 2.31. The molecule has 2 aromatic carbocycles. The molecule has 0 aliphatic carbocycles. The topological polar surface area (TPSA) is 127 Å². The van der Waals surface area contributed by atoms with Crippen LogP contribution in [-0.2, 0) is 24.3 Å². The van der Waals surface area contributed by atoms with Crippen molar-refractivity contribution in [2.24, 2.45) is 0 Å². The number of carbonyl (C=O) groups excluding carboxylic acids is 2. The van der Waals surface area contributed by atoms with Gasteiger partial charge < -0.3 is 19.3 Å². The smallest absolute Gasteiger partial charge is 0.410 e. The fraction of sp³-hybridized carbons (Fsp3) is 0.412. The standard InChI is InChI=1S/C34H40Cl2N6O6S/c1-33(2,3)47-31(43)22-42(49(45,46)27-20-24(35)19-25(36)21-27)26-8-9-28-23(18-26)12-15-41(28)30-11-10-29(37-38-30)39-13-7-14-40(17-16-39)32(44)48-34(4,5)6/h8-12,15,18-21H,7,13-14,16-17,22H2,1-6H3. The second-order valence-electron chi connectivity index (χ2n) is 13.7. The molecular weight excluding hydrogens is 691 g/mol. The van der Waals surface area contributed by atoms with E-state index < -0.39 is 33.7 Å². The van der Waals surface area contributed by atoms with Crippen LogP contribution in [0.4, 0.5) is 16.3 Å². The first-order chi connectivity index (χ1) is 22.9. The molecule has 0 saturated carbocycles. The number of aromatic nitrogens is 3. The van der Waals surface area contributed by atoms with Gasteiger partial charge in [-0.25, -0.2) is 13.2 Å². The first kappa shape index (κ1) is 36.2. The SMILES string of the molecule is CC(C)(C)OC(=O)CN(c1ccc2c(ccn2-c2ccc(N3CCCN(C(=O)OC(C)(C)C)CC3)nn2)c1)S(=O)(=O)c1cc(Cl)cc(Cl)c1. The van der Waals surface area contributed by atoms with Crippen molar-refractivity contribution in [2.45, 2.75) is 64.1 Å². The number of esters is 1. The summed E-state index contributed by atoms with van der Waals surface area (Å²) in [7, 11) is -4.30. The van der Waals surface area contributed by atoms with Gasteiger partial charge >= 0.3 is 12.1 Å². The van der Waals surface area contributed by atoms with Crippen LogP contribution in [0.1, 0.15) is 48.0 Å². The van der Waals surface area contributed by atoms with Crippen LogP contribution in [0.3, 0.4) is 0 Å². The quantitative estimate of drug-likeness (QED) is 0.191. The van der Waals surface area contributed by atoms with E-state index in [1.807, 2.05) is 49.7 Å². The molecule has 1 saturated heterocycles. The summed E-state index contributed by atoms with van der Waals surface area (Å²) in [5.41, 5.74) is -0.390. The highest BCUT2D eigenvalue weighted by molar-refractivity contribution is 7.92. The van der Waals surface area contributed by atoms with Crippen LogP contribution in [0.15, 0.2) is 65.7 Å². The maximum absolute atomic E-state index is 13.9. The molecular formula is C34H40Cl2N6O6S. The van der Waals surface area contributed by atoms with Crippen molar-refractivity contribution >= 4 is 67.7 Å². The van der Waals surface area contributed by atoms with E-state index in [1.54, 1.807) is 43.9 Å². The number of benzene rings is 2. The molecule has 1 aliphatic rings. The van der Waals surface area contributed by atoms with E-state index in [1.165, 1.54) is 18.2 Å². The Hall–Kier alpha value is -4.07. The molecule has 49 heavy (non-hydrogen) atoms. The number of hydrogen-bond acceptors (Lipinski definition) is 9. The van der Waals surface area contributed by atoms with Crippen molar-refractivity contribution in [2.75, 3.05) is 41.9 Å². The fourth-order valence-electron chi connectivity index (χ4n) is 5.37. The molecule has 5 rings (SSSR count). The summed E-state index contributed by atoms with van der Waals surface area (Å²) in [6.07, 6.45) is 2.25. The summed E-state index contributed by atoms with van der Waals surface area (Å²) >= 11 is 12.3. The first-order valence-corrected chi connectivity index (χ1v) is 18.0. The highest BCUT2D eigenvalue weighted by Gasteiger charge is 2.31. The molecule has 0 bridgehead atoms. The molecule has 0 N–H and O–H groups in total. The van der Waals surface area contributed by atoms with Gasteiger partial charge in [0.1, 0.15) is 17.7 Å². The Morgan fingerprint density at radius 3 is 2.10 bits per heavy atom. The van der Waals surface area contributed by atoms with Crippen LogP contribution >= 0.6 is 23.2 Å². The van der Waals surface area contributed by atoms with Crippen LogP contribution < -0.4 is 9.21 Å². The number of nitrogens with zero attached hydrogens (tertiary/aromatic N) is 6. The molecule has 3 heterocycles. The fourth-order valence-corrected chi connectivity index (χ4v) is 7.49. The van der Waals surface area contributed by atoms with E-state index in [-0.39, 0.29) is 26.7 Å². The molecule has 15 heteroatoms. The number of sulfonamides is 1. The largest absolute Gasteiger partial charge is 0.459 e. The molecule has 1 amide bonds. The Labute approximate surface area is 296 Å². The maximum Gasteiger partial charge on any atom is 0.410 e. The lowest BCUT2D eigenvalue weighted by Gasteiger charge is -2.26. The van der Waals surface area contributed by atoms with Crippen LogP contribution in [0, 0.1) is 0 Å². The van der Waals surface area contributed by atoms with Crippen LogP contribution in [0.2, 0.25) is 10.0 Å². The van der Waals surface area contributed by atoms with Crippen molar-refractivity contribution in [3.05, 3.63) is 70.8 Å². The number of ether oxygens (including phenoxy) is 2. The predicted molar refractivity (Wildman–Crippen MR) is 190 cm³/mol. The lowest BCUT2D eigenvalue weighted by atomic mass is 10.2. The Balaban J connectivity index is 1.39. The van der Waals surface area contributed by atoms with Crippen molar-refractivity contribution in [3.63, 3.8) is 0 Å². The molecule has 1 aliphatic heterocycles. The zero-order chi connectivity index (χ0) is 35.7. The highest BCUT2D eigenvalue weighted by atomic mass is 35.5. The van der Waals surface area contributed by atoms with Gasteiger partial charge in [-0.05, 0) is 103 Å². The van der Waals surface area contributed by atoms with E-state index in [9.17, 15) is 18.0 Å². The number of hydrogen-bond donors (Lipinski definition) is 0. The second kappa shape index (κ2) is 14.0. The molecule has 0 radical (unpaired) electrons. The molecule has 12 nitrogen and oxygen atoms in total. The lowest BCUT2D eigenvalue weighted by molar-refractivity contribution is -0.152. The van der Waals surface area contributed by atoms with Crippen molar-refractivity contribution in [1.29, 1.82) is 0 Å². The minimum absolute atomic E-state index is 0.140. The molecule has 1 fully saturated rings. The van der Waals surface area contributed by atoms with E-state index in [0.29, 0.717) is 43.2 Å². The number of carbonyl (C=O) groups is 2. The Kier molecular flexibility index (Phi) is 10.4.